The van der Waals surface area contributed by atoms with Crippen LogP contribution in [0, 0.1) is 0 Å². The molecule has 0 rings (SSSR count). The Bertz CT molecular complexity index is 187. The minimum atomic E-state index is -0.439. The molecule has 0 unspecified atom stereocenters. The third kappa shape index (κ3) is 2.76. The van der Waals surface area contributed by atoms with E-state index in [4.69, 9.17) is 27.8 Å². The Morgan fingerprint density at radius 2 is 2.08 bits per heavy atom. The van der Waals surface area contributed by atoms with E-state index in [0.29, 0.717) is 5.12 Å². The highest BCUT2D eigenvalue weighted by Gasteiger charge is 2.04. The minimum Gasteiger partial charge on any atom is -0.408 e. The Labute approximate surface area is 67.2 Å². The predicted molar refractivity (Wildman–Crippen MR) is 39.1 cm³/mol. The van der Waals surface area contributed by atoms with Gasteiger partial charge in [-0.3, -0.25) is 5.21 Å². The normalized spacial score (nSPS) is 12.5. The van der Waals surface area contributed by atoms with Crippen molar-refractivity contribution in [3.8, 4) is 0 Å². The number of oxime groups is 1. The number of nitrogens with zero attached hydrogens (tertiary/aromatic N) is 3. The number of guanidine groups is 2. The molecule has 0 bridgehead atoms. The SMILES string of the molecule is NN=C(NO)NN(N)C(N)=NO. The van der Waals surface area contributed by atoms with Crippen molar-refractivity contribution in [2.45, 2.75) is 0 Å². The van der Waals surface area contributed by atoms with Crippen LogP contribution in [-0.2, 0) is 0 Å². The first kappa shape index (κ1) is 10.1. The van der Waals surface area contributed by atoms with Crippen LogP contribution in [0.1, 0.15) is 0 Å². The van der Waals surface area contributed by atoms with Crippen molar-refractivity contribution in [1.82, 2.24) is 16.0 Å². The van der Waals surface area contributed by atoms with Gasteiger partial charge in [0.05, 0.1) is 0 Å². The zero-order valence-electron chi connectivity index (χ0n) is 5.97. The molecule has 0 aromatic carbocycles. The summed E-state index contributed by atoms with van der Waals surface area (Å²) in [5, 5.41) is 22.5. The Kier molecular flexibility index (Phi) is 4.03. The van der Waals surface area contributed by atoms with Gasteiger partial charge in [0.15, 0.2) is 0 Å². The predicted octanol–water partition coefficient (Wildman–Crippen LogP) is -3.42. The molecule has 10 heteroatoms. The number of hydrogen-bond donors (Lipinski definition) is 7. The Morgan fingerprint density at radius 3 is 2.42 bits per heavy atom. The van der Waals surface area contributed by atoms with Crippen molar-refractivity contribution < 1.29 is 10.4 Å². The Morgan fingerprint density at radius 1 is 1.50 bits per heavy atom. The molecule has 0 aliphatic heterocycles. The number of nitrogens with two attached hydrogens (primary N) is 3. The molecular weight excluding hydrogens is 168 g/mol. The highest BCUT2D eigenvalue weighted by molar-refractivity contribution is 5.83. The van der Waals surface area contributed by atoms with Crippen molar-refractivity contribution in [1.29, 1.82) is 0 Å². The standard InChI is InChI=1S/C2H10N8O2/c3-1(8-11)10(5)7-2(6-4)9-12/h11-12H,4-5H2,(H2,3,8)(H2,6,7,9). The fourth-order valence-corrected chi connectivity index (χ4v) is 0.302. The summed E-state index contributed by atoms with van der Waals surface area (Å²) in [6.07, 6.45) is 0. The van der Waals surface area contributed by atoms with E-state index >= 15 is 0 Å². The Balaban J connectivity index is 4.08. The summed E-state index contributed by atoms with van der Waals surface area (Å²) < 4.78 is 0. The first-order valence-corrected chi connectivity index (χ1v) is 2.62. The summed E-state index contributed by atoms with van der Waals surface area (Å²) in [4.78, 5) is 0. The third-order valence-electron chi connectivity index (χ3n) is 0.811. The number of hydrazine groups is 2. The van der Waals surface area contributed by atoms with Crippen LogP contribution in [0.2, 0.25) is 0 Å². The highest BCUT2D eigenvalue weighted by Crippen LogP contribution is 1.69. The number of hydrogen-bond acceptors (Lipinski definition) is 6. The van der Waals surface area contributed by atoms with E-state index in [-0.39, 0.29) is 5.96 Å². The minimum absolute atomic E-state index is 0.274. The average Bonchev–Trinajstić information content (AvgIpc) is 2.12. The average molecular weight is 178 g/mol. The fourth-order valence-electron chi connectivity index (χ4n) is 0.302. The highest BCUT2D eigenvalue weighted by atomic mass is 16.5. The molecular formula is C2H10N8O2. The van der Waals surface area contributed by atoms with Crippen LogP contribution < -0.4 is 28.3 Å². The van der Waals surface area contributed by atoms with Gasteiger partial charge in [0, 0.05) is 0 Å². The van der Waals surface area contributed by atoms with Crippen LogP contribution in [0.4, 0.5) is 0 Å². The van der Waals surface area contributed by atoms with Crippen molar-refractivity contribution in [3.05, 3.63) is 0 Å². The van der Waals surface area contributed by atoms with E-state index in [1.54, 1.807) is 5.48 Å². The molecule has 0 radical (unpaired) electrons. The zero-order valence-corrected chi connectivity index (χ0v) is 5.97. The van der Waals surface area contributed by atoms with Gasteiger partial charge < -0.3 is 16.8 Å². The second-order valence-corrected chi connectivity index (χ2v) is 1.53. The van der Waals surface area contributed by atoms with Crippen LogP contribution in [0.3, 0.4) is 0 Å². The maximum atomic E-state index is 8.28. The lowest BCUT2D eigenvalue weighted by Crippen LogP contribution is -2.56. The molecule has 0 amide bonds. The first-order chi connectivity index (χ1) is 5.65. The van der Waals surface area contributed by atoms with Gasteiger partial charge in [-0.15, -0.1) is 5.10 Å². The summed E-state index contributed by atoms with van der Waals surface area (Å²) >= 11 is 0. The van der Waals surface area contributed by atoms with E-state index in [2.05, 4.69) is 15.7 Å². The second-order valence-electron chi connectivity index (χ2n) is 1.53. The second kappa shape index (κ2) is 4.81. The molecule has 0 aromatic heterocycles. The van der Waals surface area contributed by atoms with Gasteiger partial charge in [-0.1, -0.05) is 0 Å². The smallest absolute Gasteiger partial charge is 0.267 e. The van der Waals surface area contributed by atoms with E-state index in [0.717, 1.165) is 0 Å². The molecule has 12 heavy (non-hydrogen) atoms. The molecule has 0 aromatic rings. The topological polar surface area (TPSA) is 171 Å². The molecule has 10 nitrogen and oxygen atoms in total. The first-order valence-electron chi connectivity index (χ1n) is 2.62. The van der Waals surface area contributed by atoms with Gasteiger partial charge in [-0.2, -0.15) is 5.12 Å². The van der Waals surface area contributed by atoms with Crippen LogP contribution in [0.25, 0.3) is 0 Å². The number of hydrazone groups is 1. The molecule has 0 fully saturated rings. The summed E-state index contributed by atoms with van der Waals surface area (Å²) in [6.45, 7) is 0. The quantitative estimate of drug-likeness (QED) is 0.0660. The maximum Gasteiger partial charge on any atom is 0.267 e. The van der Waals surface area contributed by atoms with Gasteiger partial charge in [-0.25, -0.2) is 16.7 Å². The molecule has 0 saturated heterocycles. The molecule has 0 atom stereocenters. The lowest BCUT2D eigenvalue weighted by Gasteiger charge is -2.17. The fraction of sp³-hybridized carbons (Fsp3) is 0. The van der Waals surface area contributed by atoms with Crippen molar-refractivity contribution in [2.24, 2.45) is 27.7 Å². The summed E-state index contributed by atoms with van der Waals surface area (Å²) in [5.74, 6) is 9.14. The zero-order chi connectivity index (χ0) is 9.56. The van der Waals surface area contributed by atoms with E-state index in [1.165, 1.54) is 0 Å². The number of hydroxylamine groups is 1. The van der Waals surface area contributed by atoms with Crippen LogP contribution in [-0.4, -0.2) is 27.5 Å². The lowest BCUT2D eigenvalue weighted by molar-refractivity contribution is 0.216. The molecule has 0 spiro atoms. The summed E-state index contributed by atoms with van der Waals surface area (Å²) in [5.41, 5.74) is 8.70. The number of nitrogens with one attached hydrogen (secondary N) is 2. The third-order valence-corrected chi connectivity index (χ3v) is 0.811. The van der Waals surface area contributed by atoms with Gasteiger partial charge >= 0.3 is 0 Å². The van der Waals surface area contributed by atoms with Gasteiger partial charge in [0.2, 0.25) is 0 Å². The monoisotopic (exact) mass is 178 g/mol. The summed E-state index contributed by atoms with van der Waals surface area (Å²) in [7, 11) is 0. The van der Waals surface area contributed by atoms with Crippen LogP contribution in [0.5, 0.6) is 0 Å². The van der Waals surface area contributed by atoms with Crippen LogP contribution >= 0.6 is 0 Å². The molecule has 70 valence electrons. The molecule has 10 N–H and O–H groups in total. The lowest BCUT2D eigenvalue weighted by atomic mass is 11.0. The summed E-state index contributed by atoms with van der Waals surface area (Å²) in [6, 6.07) is 0. The van der Waals surface area contributed by atoms with E-state index in [1.807, 2.05) is 0 Å². The van der Waals surface area contributed by atoms with Gasteiger partial charge in [-0.05, 0) is 5.16 Å². The number of rotatable bonds is 0. The van der Waals surface area contributed by atoms with Crippen molar-refractivity contribution in [3.63, 3.8) is 0 Å². The maximum absolute atomic E-state index is 8.28. The molecule has 0 heterocycles. The van der Waals surface area contributed by atoms with E-state index < -0.39 is 5.96 Å². The van der Waals surface area contributed by atoms with Crippen molar-refractivity contribution in [2.75, 3.05) is 0 Å². The van der Waals surface area contributed by atoms with Crippen molar-refractivity contribution >= 4 is 11.9 Å². The molecule has 0 aliphatic rings. The van der Waals surface area contributed by atoms with Crippen LogP contribution in [0.15, 0.2) is 10.3 Å². The van der Waals surface area contributed by atoms with Gasteiger partial charge in [0.25, 0.3) is 11.9 Å². The largest absolute Gasteiger partial charge is 0.408 e. The molecule has 0 saturated carbocycles. The molecule has 0 aliphatic carbocycles. The Hall–Kier alpha value is -1.94. The van der Waals surface area contributed by atoms with E-state index in [9.17, 15) is 0 Å². The van der Waals surface area contributed by atoms with Gasteiger partial charge in [0.1, 0.15) is 0 Å².